The number of cyclic esters (lactones) is 1. The number of ether oxygens (including phenoxy) is 1. The van der Waals surface area contributed by atoms with Crippen LogP contribution in [0.15, 0.2) is 29.4 Å². The Kier molecular flexibility index (Phi) is 4.86. The van der Waals surface area contributed by atoms with E-state index in [1.54, 1.807) is 23.2 Å². The molecule has 1 saturated heterocycles. The van der Waals surface area contributed by atoms with E-state index in [2.05, 4.69) is 35.9 Å². The van der Waals surface area contributed by atoms with Crippen molar-refractivity contribution in [3.8, 4) is 0 Å². The van der Waals surface area contributed by atoms with Gasteiger partial charge in [-0.1, -0.05) is 13.8 Å². The smallest absolute Gasteiger partial charge is 0.414 e. The highest BCUT2D eigenvalue weighted by atomic mass is 16.6. The zero-order valence-corrected chi connectivity index (χ0v) is 16.6. The van der Waals surface area contributed by atoms with Crippen molar-refractivity contribution in [2.75, 3.05) is 29.1 Å². The van der Waals surface area contributed by atoms with E-state index in [-0.39, 0.29) is 35.8 Å². The first kappa shape index (κ1) is 19.2. The van der Waals surface area contributed by atoms with Gasteiger partial charge in [0.25, 0.3) is 0 Å². The number of nitrogens with one attached hydrogen (secondary N) is 1. The first-order chi connectivity index (χ1) is 13.9. The van der Waals surface area contributed by atoms with Gasteiger partial charge in [0.15, 0.2) is 0 Å². The molecular weight excluding hydrogens is 370 g/mol. The first-order valence-electron chi connectivity index (χ1n) is 9.77. The molecule has 0 radical (unpaired) electrons. The topological polar surface area (TPSA) is 110 Å². The fourth-order valence-corrected chi connectivity index (χ4v) is 3.86. The lowest BCUT2D eigenvalue weighted by Gasteiger charge is -2.25. The Balaban J connectivity index is 1.61. The standard InChI is InChI=1S/C21H25N5O3/c1-11(2)18-10-29-21(28)26(18)14-4-12-6-19(24-9-16(12)17(22)7-14)25-20(27)15-5-13(15)8-23-3/h4,6-7,9,11,13,15,18H,3,5,8,10,22H2,1-2H3,(H,24,25,27)/t13-,15+,18+/m1/s1. The summed E-state index contributed by atoms with van der Waals surface area (Å²) in [5, 5.41) is 4.43. The molecule has 0 spiro atoms. The summed E-state index contributed by atoms with van der Waals surface area (Å²) in [6.45, 7) is 8.54. The first-order valence-corrected chi connectivity index (χ1v) is 9.77. The quantitative estimate of drug-likeness (QED) is 0.577. The molecular formula is C21H25N5O3. The lowest BCUT2D eigenvalue weighted by atomic mass is 10.0. The second-order valence-electron chi connectivity index (χ2n) is 8.08. The van der Waals surface area contributed by atoms with Crippen molar-refractivity contribution in [3.63, 3.8) is 0 Å². The second-order valence-corrected chi connectivity index (χ2v) is 8.08. The molecule has 1 aliphatic heterocycles. The number of carbonyl (C=O) groups is 2. The van der Waals surface area contributed by atoms with Crippen molar-refractivity contribution in [1.29, 1.82) is 0 Å². The molecule has 29 heavy (non-hydrogen) atoms. The molecule has 4 rings (SSSR count). The van der Waals surface area contributed by atoms with E-state index in [9.17, 15) is 9.59 Å². The number of aliphatic imine (C=N–C) groups is 1. The monoisotopic (exact) mass is 395 g/mol. The molecule has 152 valence electrons. The average molecular weight is 395 g/mol. The van der Waals surface area contributed by atoms with Crippen LogP contribution in [0.1, 0.15) is 20.3 Å². The van der Waals surface area contributed by atoms with E-state index in [1.807, 2.05) is 6.07 Å². The highest BCUT2D eigenvalue weighted by molar-refractivity contribution is 6.02. The highest BCUT2D eigenvalue weighted by Crippen LogP contribution is 2.39. The van der Waals surface area contributed by atoms with Crippen molar-refractivity contribution in [3.05, 3.63) is 24.4 Å². The number of aromatic nitrogens is 1. The molecule has 8 nitrogen and oxygen atoms in total. The van der Waals surface area contributed by atoms with E-state index in [1.165, 1.54) is 0 Å². The predicted molar refractivity (Wildman–Crippen MR) is 113 cm³/mol. The van der Waals surface area contributed by atoms with Gasteiger partial charge in [-0.15, -0.1) is 0 Å². The molecule has 3 atom stereocenters. The maximum Gasteiger partial charge on any atom is 0.414 e. The van der Waals surface area contributed by atoms with Gasteiger partial charge in [0.2, 0.25) is 5.91 Å². The van der Waals surface area contributed by atoms with Gasteiger partial charge in [-0.2, -0.15) is 0 Å². The summed E-state index contributed by atoms with van der Waals surface area (Å²) in [5.41, 5.74) is 7.43. The van der Waals surface area contributed by atoms with Crippen LogP contribution in [0.4, 0.5) is 22.0 Å². The summed E-state index contributed by atoms with van der Waals surface area (Å²) < 4.78 is 5.25. The van der Waals surface area contributed by atoms with Crippen LogP contribution in [-0.2, 0) is 9.53 Å². The van der Waals surface area contributed by atoms with Crippen LogP contribution in [-0.4, -0.2) is 42.9 Å². The number of rotatable bonds is 6. The molecule has 1 aromatic carbocycles. The number of fused-ring (bicyclic) bond motifs is 1. The zero-order chi connectivity index (χ0) is 20.7. The van der Waals surface area contributed by atoms with Crippen molar-refractivity contribution < 1.29 is 14.3 Å². The Morgan fingerprint density at radius 1 is 1.45 bits per heavy atom. The summed E-state index contributed by atoms with van der Waals surface area (Å²) in [4.78, 5) is 34.5. The number of benzene rings is 1. The Labute approximate surface area is 169 Å². The largest absolute Gasteiger partial charge is 0.447 e. The van der Waals surface area contributed by atoms with E-state index in [0.29, 0.717) is 30.3 Å². The number of nitrogens with two attached hydrogens (primary N) is 1. The fraction of sp³-hybridized carbons (Fsp3) is 0.429. The Morgan fingerprint density at radius 2 is 2.24 bits per heavy atom. The summed E-state index contributed by atoms with van der Waals surface area (Å²) in [6.07, 6.45) is 2.09. The third kappa shape index (κ3) is 3.62. The van der Waals surface area contributed by atoms with Crippen LogP contribution in [0.2, 0.25) is 0 Å². The number of pyridine rings is 1. The number of carbonyl (C=O) groups excluding carboxylic acids is 2. The van der Waals surface area contributed by atoms with Gasteiger partial charge in [0, 0.05) is 29.7 Å². The molecule has 0 bridgehead atoms. The molecule has 1 aliphatic carbocycles. The fourth-order valence-electron chi connectivity index (χ4n) is 3.86. The molecule has 1 aromatic heterocycles. The van der Waals surface area contributed by atoms with E-state index < -0.39 is 0 Å². The molecule has 2 heterocycles. The molecule has 0 unspecified atom stereocenters. The Bertz CT molecular complexity index is 990. The van der Waals surface area contributed by atoms with Crippen LogP contribution in [0.25, 0.3) is 10.8 Å². The summed E-state index contributed by atoms with van der Waals surface area (Å²) >= 11 is 0. The number of hydrogen-bond acceptors (Lipinski definition) is 6. The molecule has 1 saturated carbocycles. The number of amides is 2. The second kappa shape index (κ2) is 7.35. The lowest BCUT2D eigenvalue weighted by Crippen LogP contribution is -2.37. The van der Waals surface area contributed by atoms with E-state index in [0.717, 1.165) is 17.2 Å². The minimum Gasteiger partial charge on any atom is -0.447 e. The van der Waals surface area contributed by atoms with Crippen molar-refractivity contribution in [2.45, 2.75) is 26.3 Å². The minimum atomic E-state index is -0.374. The third-order valence-electron chi connectivity index (χ3n) is 5.68. The van der Waals surface area contributed by atoms with Crippen molar-refractivity contribution in [2.24, 2.45) is 22.7 Å². The van der Waals surface area contributed by atoms with E-state index >= 15 is 0 Å². The van der Waals surface area contributed by atoms with Crippen LogP contribution >= 0.6 is 0 Å². The van der Waals surface area contributed by atoms with Crippen molar-refractivity contribution >= 4 is 46.7 Å². The normalized spacial score (nSPS) is 23.3. The molecule has 8 heteroatoms. The van der Waals surface area contributed by atoms with Gasteiger partial charge in [-0.05, 0) is 48.6 Å². The maximum atomic E-state index is 12.4. The van der Waals surface area contributed by atoms with Gasteiger partial charge in [0.1, 0.15) is 12.4 Å². The van der Waals surface area contributed by atoms with Crippen molar-refractivity contribution in [1.82, 2.24) is 4.98 Å². The summed E-state index contributed by atoms with van der Waals surface area (Å²) in [7, 11) is 0. The van der Waals surface area contributed by atoms with Gasteiger partial charge in [0.05, 0.1) is 11.7 Å². The van der Waals surface area contributed by atoms with Crippen LogP contribution < -0.4 is 16.0 Å². The molecule has 2 aliphatic rings. The molecule has 2 aromatic rings. The SMILES string of the molecule is C=NC[C@H]1C[C@@H]1C(=O)Nc1cc2cc(N3C(=O)OC[C@H]3C(C)C)cc(N)c2cn1. The maximum absolute atomic E-state index is 12.4. The van der Waals surface area contributed by atoms with E-state index in [4.69, 9.17) is 10.5 Å². The van der Waals surface area contributed by atoms with Crippen LogP contribution in [0.5, 0.6) is 0 Å². The molecule has 2 amide bonds. The zero-order valence-electron chi connectivity index (χ0n) is 16.6. The number of nitrogens with zero attached hydrogens (tertiary/aromatic N) is 3. The van der Waals surface area contributed by atoms with Gasteiger partial charge >= 0.3 is 6.09 Å². The minimum absolute atomic E-state index is 0.0411. The van der Waals surface area contributed by atoms with Gasteiger partial charge in [-0.25, -0.2) is 9.78 Å². The molecule has 3 N–H and O–H groups in total. The Hall–Kier alpha value is -3.16. The van der Waals surface area contributed by atoms with Gasteiger partial charge in [-0.3, -0.25) is 9.69 Å². The highest BCUT2D eigenvalue weighted by Gasteiger charge is 2.42. The number of hydrogen-bond donors (Lipinski definition) is 2. The predicted octanol–water partition coefficient (Wildman–Crippen LogP) is 3.07. The third-order valence-corrected chi connectivity index (χ3v) is 5.68. The number of anilines is 3. The lowest BCUT2D eigenvalue weighted by molar-refractivity contribution is -0.117. The molecule has 2 fully saturated rings. The number of nitrogen functional groups attached to an aromatic ring is 1. The Morgan fingerprint density at radius 3 is 2.97 bits per heavy atom. The summed E-state index contributed by atoms with van der Waals surface area (Å²) in [5.74, 6) is 0.866. The van der Waals surface area contributed by atoms with Gasteiger partial charge < -0.3 is 20.8 Å². The van der Waals surface area contributed by atoms with Crippen LogP contribution in [0.3, 0.4) is 0 Å². The van der Waals surface area contributed by atoms with Crippen LogP contribution in [0, 0.1) is 17.8 Å². The summed E-state index contributed by atoms with van der Waals surface area (Å²) in [6, 6.07) is 5.38. The average Bonchev–Trinajstić information content (AvgIpc) is 3.33.